The van der Waals surface area contributed by atoms with E-state index in [1.54, 1.807) is 11.0 Å². The Morgan fingerprint density at radius 2 is 2.17 bits per heavy atom. The van der Waals surface area contributed by atoms with Gasteiger partial charge in [0.15, 0.2) is 0 Å². The molecule has 1 aromatic heterocycles. The Morgan fingerprint density at radius 1 is 1.44 bits per heavy atom. The largest absolute Gasteiger partial charge is 0.341 e. The number of hydrogen-bond donors (Lipinski definition) is 0. The molecule has 0 saturated heterocycles. The van der Waals surface area contributed by atoms with Crippen molar-refractivity contribution in [1.29, 1.82) is 0 Å². The van der Waals surface area contributed by atoms with Crippen molar-refractivity contribution in [3.8, 4) is 0 Å². The molecule has 18 heavy (non-hydrogen) atoms. The fourth-order valence-electron chi connectivity index (χ4n) is 2.42. The third kappa shape index (κ3) is 2.97. The molecule has 98 valence electrons. The smallest absolute Gasteiger partial charge is 0.267 e. The zero-order chi connectivity index (χ0) is 13.0. The molecule has 5 nitrogen and oxygen atoms in total. The van der Waals surface area contributed by atoms with Crippen molar-refractivity contribution in [2.75, 3.05) is 7.05 Å². The third-order valence-corrected chi connectivity index (χ3v) is 3.59. The summed E-state index contributed by atoms with van der Waals surface area (Å²) in [6.07, 6.45) is 7.30. The Labute approximate surface area is 106 Å². The minimum atomic E-state index is -0.233. The first-order chi connectivity index (χ1) is 8.68. The minimum absolute atomic E-state index is 0.0344. The molecule has 0 bridgehead atoms. The highest BCUT2D eigenvalue weighted by Crippen LogP contribution is 2.21. The number of nitrogens with zero attached hydrogens (tertiary/aromatic N) is 3. The van der Waals surface area contributed by atoms with Crippen LogP contribution in [0.5, 0.6) is 0 Å². The Morgan fingerprint density at radius 3 is 2.83 bits per heavy atom. The van der Waals surface area contributed by atoms with Gasteiger partial charge in [0.1, 0.15) is 6.54 Å². The van der Waals surface area contributed by atoms with Crippen LogP contribution in [0.15, 0.2) is 23.1 Å². The van der Waals surface area contributed by atoms with E-state index in [0.717, 1.165) is 12.8 Å². The fourth-order valence-corrected chi connectivity index (χ4v) is 2.42. The molecular weight excluding hydrogens is 230 g/mol. The lowest BCUT2D eigenvalue weighted by molar-refractivity contribution is -0.133. The molecular formula is C13H19N3O2. The topological polar surface area (TPSA) is 55.2 Å². The monoisotopic (exact) mass is 249 g/mol. The van der Waals surface area contributed by atoms with E-state index in [1.807, 2.05) is 7.05 Å². The molecule has 0 spiro atoms. The first-order valence-corrected chi connectivity index (χ1v) is 6.46. The van der Waals surface area contributed by atoms with Crippen LogP contribution in [-0.2, 0) is 11.3 Å². The van der Waals surface area contributed by atoms with Crippen LogP contribution in [0.4, 0.5) is 0 Å². The van der Waals surface area contributed by atoms with Crippen LogP contribution in [0.25, 0.3) is 0 Å². The van der Waals surface area contributed by atoms with Gasteiger partial charge in [-0.15, -0.1) is 0 Å². The molecule has 2 rings (SSSR count). The molecule has 0 aliphatic heterocycles. The van der Waals surface area contributed by atoms with Gasteiger partial charge in [0.05, 0.1) is 0 Å². The van der Waals surface area contributed by atoms with Crippen molar-refractivity contribution >= 4 is 5.91 Å². The summed E-state index contributed by atoms with van der Waals surface area (Å²) in [5.41, 5.74) is -0.233. The molecule has 1 aliphatic carbocycles. The van der Waals surface area contributed by atoms with Crippen molar-refractivity contribution in [2.24, 2.45) is 0 Å². The maximum atomic E-state index is 12.1. The predicted octanol–water partition coefficient (Wildman–Crippen LogP) is 1.03. The number of amides is 1. The Bertz CT molecular complexity index is 463. The molecule has 0 unspecified atom stereocenters. The van der Waals surface area contributed by atoms with Crippen LogP contribution in [0.2, 0.25) is 0 Å². The summed E-state index contributed by atoms with van der Waals surface area (Å²) in [6, 6.07) is 3.32. The van der Waals surface area contributed by atoms with E-state index in [9.17, 15) is 9.59 Å². The maximum Gasteiger partial charge on any atom is 0.267 e. The van der Waals surface area contributed by atoms with Gasteiger partial charge >= 0.3 is 0 Å². The van der Waals surface area contributed by atoms with E-state index in [2.05, 4.69) is 5.10 Å². The van der Waals surface area contributed by atoms with Crippen LogP contribution >= 0.6 is 0 Å². The van der Waals surface area contributed by atoms with Crippen molar-refractivity contribution in [2.45, 2.75) is 44.7 Å². The molecule has 1 saturated carbocycles. The summed E-state index contributed by atoms with van der Waals surface area (Å²) >= 11 is 0. The van der Waals surface area contributed by atoms with Gasteiger partial charge in [-0.05, 0) is 18.9 Å². The van der Waals surface area contributed by atoms with Crippen molar-refractivity contribution in [3.63, 3.8) is 0 Å². The van der Waals surface area contributed by atoms with Gasteiger partial charge in [0.25, 0.3) is 5.56 Å². The number of aromatic nitrogens is 2. The molecule has 0 radical (unpaired) electrons. The van der Waals surface area contributed by atoms with Gasteiger partial charge in [-0.3, -0.25) is 9.59 Å². The zero-order valence-corrected chi connectivity index (χ0v) is 10.7. The molecule has 1 aliphatic rings. The van der Waals surface area contributed by atoms with Crippen LogP contribution < -0.4 is 5.56 Å². The molecule has 1 fully saturated rings. The molecule has 1 amide bonds. The Kier molecular flexibility index (Phi) is 4.12. The van der Waals surface area contributed by atoms with Crippen LogP contribution in [0.3, 0.4) is 0 Å². The third-order valence-electron chi connectivity index (χ3n) is 3.59. The first kappa shape index (κ1) is 12.8. The normalized spacial score (nSPS) is 16.5. The summed E-state index contributed by atoms with van der Waals surface area (Å²) in [7, 11) is 1.83. The van der Waals surface area contributed by atoms with Crippen LogP contribution in [-0.4, -0.2) is 33.7 Å². The van der Waals surface area contributed by atoms with Gasteiger partial charge in [-0.25, -0.2) is 4.68 Å². The van der Waals surface area contributed by atoms with E-state index in [0.29, 0.717) is 6.04 Å². The summed E-state index contributed by atoms with van der Waals surface area (Å²) in [6.45, 7) is 0.0344. The van der Waals surface area contributed by atoms with Gasteiger partial charge in [-0.2, -0.15) is 5.10 Å². The lowest BCUT2D eigenvalue weighted by Gasteiger charge is -2.31. The van der Waals surface area contributed by atoms with Crippen molar-refractivity contribution < 1.29 is 4.79 Å². The first-order valence-electron chi connectivity index (χ1n) is 6.46. The second-order valence-corrected chi connectivity index (χ2v) is 4.82. The number of hydrogen-bond acceptors (Lipinski definition) is 3. The van der Waals surface area contributed by atoms with Gasteiger partial charge in [0.2, 0.25) is 5.91 Å². The highest BCUT2D eigenvalue weighted by molar-refractivity contribution is 5.75. The highest BCUT2D eigenvalue weighted by Gasteiger charge is 2.22. The summed E-state index contributed by atoms with van der Waals surface area (Å²) in [5.74, 6) is -0.0392. The van der Waals surface area contributed by atoms with E-state index in [1.165, 1.54) is 36.2 Å². The van der Waals surface area contributed by atoms with E-state index >= 15 is 0 Å². The van der Waals surface area contributed by atoms with Gasteiger partial charge in [-0.1, -0.05) is 19.3 Å². The predicted molar refractivity (Wildman–Crippen MR) is 68.1 cm³/mol. The number of rotatable bonds is 3. The number of carbonyl (C=O) groups excluding carboxylic acids is 1. The number of carbonyl (C=O) groups is 1. The van der Waals surface area contributed by atoms with Crippen molar-refractivity contribution in [3.05, 3.63) is 28.7 Å². The summed E-state index contributed by atoms with van der Waals surface area (Å²) in [4.78, 5) is 25.4. The molecule has 0 atom stereocenters. The Balaban J connectivity index is 1.99. The summed E-state index contributed by atoms with van der Waals surface area (Å²) < 4.78 is 1.21. The lowest BCUT2D eigenvalue weighted by Crippen LogP contribution is -2.41. The standard InChI is InChI=1S/C13H19N3O2/c1-15(11-6-3-2-4-7-11)13(18)10-16-12(17)8-5-9-14-16/h5,8-9,11H,2-4,6-7,10H2,1H3. The fraction of sp³-hybridized carbons (Fsp3) is 0.615. The SMILES string of the molecule is CN(C(=O)Cn1ncccc1=O)C1CCCCC1. The molecule has 5 heteroatoms. The quantitative estimate of drug-likeness (QED) is 0.804. The van der Waals surface area contributed by atoms with Crippen molar-refractivity contribution in [1.82, 2.24) is 14.7 Å². The van der Waals surface area contributed by atoms with E-state index in [-0.39, 0.29) is 18.0 Å². The molecule has 0 N–H and O–H groups in total. The summed E-state index contributed by atoms with van der Waals surface area (Å²) in [5, 5.41) is 3.90. The average molecular weight is 249 g/mol. The average Bonchev–Trinajstić information content (AvgIpc) is 2.41. The maximum absolute atomic E-state index is 12.1. The second-order valence-electron chi connectivity index (χ2n) is 4.82. The van der Waals surface area contributed by atoms with Crippen LogP contribution in [0, 0.1) is 0 Å². The van der Waals surface area contributed by atoms with E-state index < -0.39 is 0 Å². The van der Waals surface area contributed by atoms with E-state index in [4.69, 9.17) is 0 Å². The highest BCUT2D eigenvalue weighted by atomic mass is 16.2. The Hall–Kier alpha value is -1.65. The molecule has 0 aromatic carbocycles. The molecule has 1 aromatic rings. The second kappa shape index (κ2) is 5.80. The number of likely N-dealkylation sites (N-methyl/N-ethyl adjacent to an activating group) is 1. The minimum Gasteiger partial charge on any atom is -0.341 e. The van der Waals surface area contributed by atoms with Gasteiger partial charge in [0, 0.05) is 25.4 Å². The zero-order valence-electron chi connectivity index (χ0n) is 10.7. The van der Waals surface area contributed by atoms with Crippen LogP contribution in [0.1, 0.15) is 32.1 Å². The van der Waals surface area contributed by atoms with Gasteiger partial charge < -0.3 is 4.90 Å². The lowest BCUT2D eigenvalue weighted by atomic mass is 9.94. The molecule has 1 heterocycles.